The molecule has 13 heavy (non-hydrogen) atoms. The molecule has 1 rings (SSSR count). The molecule has 1 aromatic rings. The summed E-state index contributed by atoms with van der Waals surface area (Å²) in [5.74, 6) is 0. The van der Waals surface area contributed by atoms with Gasteiger partial charge < -0.3 is 4.98 Å². The second-order valence-corrected chi connectivity index (χ2v) is 3.24. The summed E-state index contributed by atoms with van der Waals surface area (Å²) in [5.41, 5.74) is -0.679. The maximum absolute atomic E-state index is 12.3. The van der Waals surface area contributed by atoms with Crippen LogP contribution in [-0.2, 0) is 5.33 Å². The Hall–Kier alpha value is -0.420. The Kier molecular flexibility index (Phi) is 3.44. The molecule has 1 heterocycles. The van der Waals surface area contributed by atoms with Crippen molar-refractivity contribution in [2.24, 2.45) is 0 Å². The summed E-state index contributed by atoms with van der Waals surface area (Å²) in [6.07, 6.45) is -1.75. The van der Waals surface area contributed by atoms with E-state index < -0.39 is 12.0 Å². The number of alkyl halides is 3. The molecule has 0 saturated heterocycles. The van der Waals surface area contributed by atoms with Crippen molar-refractivity contribution in [1.82, 2.24) is 4.98 Å². The van der Waals surface area contributed by atoms with Gasteiger partial charge in [0.15, 0.2) is 0 Å². The maximum Gasteiger partial charge on any atom is 0.266 e. The average Bonchev–Trinajstić information content (AvgIpc) is 2.04. The van der Waals surface area contributed by atoms with E-state index in [1.165, 1.54) is 0 Å². The molecule has 1 N–H and O–H groups in total. The molecule has 0 aliphatic rings. The summed E-state index contributed by atoms with van der Waals surface area (Å²) in [5, 5.41) is -0.0162. The van der Waals surface area contributed by atoms with E-state index in [2.05, 4.69) is 20.9 Å². The lowest BCUT2D eigenvalue weighted by Gasteiger charge is -2.04. The molecule has 0 radical (unpaired) electrons. The second kappa shape index (κ2) is 4.19. The lowest BCUT2D eigenvalue weighted by atomic mass is 10.2. The zero-order valence-electron chi connectivity index (χ0n) is 6.28. The first-order chi connectivity index (χ1) is 6.07. The van der Waals surface area contributed by atoms with E-state index in [0.29, 0.717) is 0 Å². The average molecular weight is 272 g/mol. The van der Waals surface area contributed by atoms with Crippen LogP contribution in [0, 0.1) is 0 Å². The summed E-state index contributed by atoms with van der Waals surface area (Å²) in [6.45, 7) is 0. The normalized spacial score (nSPS) is 10.8. The third kappa shape index (κ3) is 2.08. The molecule has 0 aliphatic carbocycles. The monoisotopic (exact) mass is 271 g/mol. The molecule has 0 amide bonds. The van der Waals surface area contributed by atoms with Crippen LogP contribution in [0.25, 0.3) is 0 Å². The quantitative estimate of drug-likeness (QED) is 0.825. The lowest BCUT2D eigenvalue weighted by Crippen LogP contribution is -2.12. The number of nitrogens with one attached hydrogen (secondary N) is 1. The van der Waals surface area contributed by atoms with Gasteiger partial charge in [0.1, 0.15) is 0 Å². The zero-order valence-corrected chi connectivity index (χ0v) is 8.62. The minimum atomic E-state index is -2.68. The van der Waals surface area contributed by atoms with Crippen LogP contribution >= 0.6 is 27.5 Å². The minimum absolute atomic E-state index is 0.125. The van der Waals surface area contributed by atoms with E-state index in [0.717, 1.165) is 6.20 Å². The molecule has 0 aromatic carbocycles. The van der Waals surface area contributed by atoms with Crippen molar-refractivity contribution in [3.8, 4) is 0 Å². The van der Waals surface area contributed by atoms with E-state index in [9.17, 15) is 13.6 Å². The van der Waals surface area contributed by atoms with Crippen molar-refractivity contribution in [2.45, 2.75) is 11.8 Å². The first-order valence-corrected chi connectivity index (χ1v) is 4.82. The maximum atomic E-state index is 12.3. The molecule has 72 valence electrons. The van der Waals surface area contributed by atoms with E-state index in [-0.39, 0.29) is 21.5 Å². The predicted molar refractivity (Wildman–Crippen MR) is 49.7 cm³/mol. The fourth-order valence-corrected chi connectivity index (χ4v) is 1.83. The summed E-state index contributed by atoms with van der Waals surface area (Å²) in [4.78, 5) is 13.2. The Morgan fingerprint density at radius 3 is 2.69 bits per heavy atom. The number of halogens is 4. The molecule has 1 aromatic heterocycles. The number of aromatic nitrogens is 1. The Labute approximate surface area is 86.0 Å². The number of hydrogen-bond acceptors (Lipinski definition) is 1. The van der Waals surface area contributed by atoms with Crippen molar-refractivity contribution in [3.05, 3.63) is 32.7 Å². The SMILES string of the molecule is O=c1[nH]cc(C(F)F)c(Cl)c1CBr. The van der Waals surface area contributed by atoms with Gasteiger partial charge in [0.05, 0.1) is 10.6 Å². The molecule has 0 saturated carbocycles. The third-order valence-corrected chi connectivity index (χ3v) is 2.53. The van der Waals surface area contributed by atoms with E-state index in [1.807, 2.05) is 0 Å². The first-order valence-electron chi connectivity index (χ1n) is 3.32. The number of pyridine rings is 1. The molecular formula is C7H5BrClF2NO. The van der Waals surface area contributed by atoms with Gasteiger partial charge in [-0.05, 0) is 0 Å². The smallest absolute Gasteiger partial charge is 0.266 e. The first kappa shape index (κ1) is 10.7. The molecule has 0 spiro atoms. The van der Waals surface area contributed by atoms with Crippen LogP contribution in [0.5, 0.6) is 0 Å². The molecule has 0 fully saturated rings. The zero-order chi connectivity index (χ0) is 10.0. The van der Waals surface area contributed by atoms with Gasteiger partial charge >= 0.3 is 0 Å². The van der Waals surface area contributed by atoms with Gasteiger partial charge in [-0.15, -0.1) is 0 Å². The number of hydrogen-bond donors (Lipinski definition) is 1. The number of H-pyrrole nitrogens is 1. The largest absolute Gasteiger partial charge is 0.328 e. The third-order valence-electron chi connectivity index (χ3n) is 1.52. The van der Waals surface area contributed by atoms with E-state index >= 15 is 0 Å². The van der Waals surface area contributed by atoms with Gasteiger partial charge in [-0.1, -0.05) is 27.5 Å². The van der Waals surface area contributed by atoms with Gasteiger partial charge in [0.2, 0.25) is 0 Å². The predicted octanol–water partition coefficient (Wildman–Crippen LogP) is 2.86. The van der Waals surface area contributed by atoms with Crippen LogP contribution < -0.4 is 5.56 Å². The van der Waals surface area contributed by atoms with Crippen LogP contribution in [0.2, 0.25) is 5.02 Å². The second-order valence-electron chi connectivity index (χ2n) is 2.30. The summed E-state index contributed by atoms with van der Waals surface area (Å²) in [7, 11) is 0. The molecule has 0 bridgehead atoms. The highest BCUT2D eigenvalue weighted by Crippen LogP contribution is 2.27. The van der Waals surface area contributed by atoms with E-state index in [4.69, 9.17) is 11.6 Å². The van der Waals surface area contributed by atoms with Gasteiger partial charge in [-0.3, -0.25) is 4.79 Å². The van der Waals surface area contributed by atoms with Crippen LogP contribution in [0.3, 0.4) is 0 Å². The van der Waals surface area contributed by atoms with Crippen molar-refractivity contribution in [1.29, 1.82) is 0 Å². The van der Waals surface area contributed by atoms with E-state index in [1.54, 1.807) is 0 Å². The summed E-state index contributed by atoms with van der Waals surface area (Å²) in [6, 6.07) is 0. The van der Waals surface area contributed by atoms with Crippen molar-refractivity contribution in [2.75, 3.05) is 0 Å². The Morgan fingerprint density at radius 1 is 1.62 bits per heavy atom. The van der Waals surface area contributed by atoms with Gasteiger partial charge in [0, 0.05) is 17.1 Å². The van der Waals surface area contributed by atoms with Gasteiger partial charge in [0.25, 0.3) is 12.0 Å². The Bertz CT molecular complexity index is 366. The van der Waals surface area contributed by atoms with Crippen LogP contribution in [0.1, 0.15) is 17.6 Å². The molecule has 2 nitrogen and oxygen atoms in total. The van der Waals surface area contributed by atoms with Crippen molar-refractivity contribution >= 4 is 27.5 Å². The molecule has 0 unspecified atom stereocenters. The summed E-state index contributed by atoms with van der Waals surface area (Å²) >= 11 is 8.57. The van der Waals surface area contributed by atoms with Crippen molar-refractivity contribution in [3.63, 3.8) is 0 Å². The lowest BCUT2D eigenvalue weighted by molar-refractivity contribution is 0.151. The fourth-order valence-electron chi connectivity index (χ4n) is 0.846. The molecular weight excluding hydrogens is 267 g/mol. The highest BCUT2D eigenvalue weighted by molar-refractivity contribution is 9.08. The molecule has 6 heteroatoms. The minimum Gasteiger partial charge on any atom is -0.328 e. The molecule has 0 atom stereocenters. The number of aromatic amines is 1. The van der Waals surface area contributed by atoms with Crippen LogP contribution in [0.4, 0.5) is 8.78 Å². The number of rotatable bonds is 2. The fraction of sp³-hybridized carbons (Fsp3) is 0.286. The standard InChI is InChI=1S/C7H5BrClF2NO/c8-1-3-5(9)4(6(10)11)2-12-7(3)13/h2,6H,1H2,(H,12,13). The van der Waals surface area contributed by atoms with Gasteiger partial charge in [-0.2, -0.15) is 0 Å². The highest BCUT2D eigenvalue weighted by Gasteiger charge is 2.16. The van der Waals surface area contributed by atoms with Gasteiger partial charge in [-0.25, -0.2) is 8.78 Å². The Morgan fingerprint density at radius 2 is 2.23 bits per heavy atom. The highest BCUT2D eigenvalue weighted by atomic mass is 79.9. The summed E-state index contributed by atoms with van der Waals surface area (Å²) < 4.78 is 24.5. The molecule has 0 aliphatic heterocycles. The topological polar surface area (TPSA) is 32.9 Å². The van der Waals surface area contributed by atoms with Crippen LogP contribution in [0.15, 0.2) is 11.0 Å². The Balaban J connectivity index is 3.36. The van der Waals surface area contributed by atoms with Crippen LogP contribution in [-0.4, -0.2) is 4.98 Å². The van der Waals surface area contributed by atoms with Crippen molar-refractivity contribution < 1.29 is 8.78 Å².